The second-order valence-corrected chi connectivity index (χ2v) is 7.26. The topological polar surface area (TPSA) is 115 Å². The maximum Gasteiger partial charge on any atom is 0.263 e. The molecule has 1 heterocycles. The van der Waals surface area contributed by atoms with Gasteiger partial charge in [-0.05, 0) is 50.1 Å². The largest absolute Gasteiger partial charge is 0.503 e. The van der Waals surface area contributed by atoms with Crippen molar-refractivity contribution in [3.8, 4) is 22.9 Å². The molecule has 0 bridgehead atoms. The van der Waals surface area contributed by atoms with Crippen LogP contribution < -0.4 is 10.2 Å². The highest BCUT2D eigenvalue weighted by atomic mass is 79.9. The Labute approximate surface area is 183 Å². The van der Waals surface area contributed by atoms with E-state index in [9.17, 15) is 9.90 Å². The summed E-state index contributed by atoms with van der Waals surface area (Å²) in [5.74, 6) is 0.294. The van der Waals surface area contributed by atoms with Crippen molar-refractivity contribution in [3.63, 3.8) is 0 Å². The Balaban J connectivity index is 1.64. The van der Waals surface area contributed by atoms with Crippen LogP contribution in [0.5, 0.6) is 11.5 Å². The molecule has 0 saturated carbocycles. The fourth-order valence-corrected chi connectivity index (χ4v) is 3.15. The molecule has 150 valence electrons. The fraction of sp³-hybridized carbons (Fsp3) is 0.167. The predicted octanol–water partition coefficient (Wildman–Crippen LogP) is 3.12. The summed E-state index contributed by atoms with van der Waals surface area (Å²) in [4.78, 5) is 13.3. The Hall–Kier alpha value is -2.79. The van der Waals surface area contributed by atoms with Crippen molar-refractivity contribution in [2.45, 2.75) is 13.5 Å². The zero-order valence-corrected chi connectivity index (χ0v) is 18.4. The van der Waals surface area contributed by atoms with Gasteiger partial charge in [-0.1, -0.05) is 30.3 Å². The van der Waals surface area contributed by atoms with E-state index in [1.807, 2.05) is 37.3 Å². The van der Waals surface area contributed by atoms with Crippen molar-refractivity contribution in [1.82, 2.24) is 25.6 Å². The minimum absolute atomic E-state index is 0.0219. The molecule has 3 aromatic rings. The number of amides is 1. The van der Waals surface area contributed by atoms with Crippen LogP contribution in [0.4, 0.5) is 0 Å². The van der Waals surface area contributed by atoms with E-state index in [1.54, 1.807) is 6.07 Å². The SMILES string of the molecule is CCOc1cc(/C=N\NC(=O)Cn2nnc(-c3ccccc3)n2)c(Br)c(Br)c1O. The first-order valence-electron chi connectivity index (χ1n) is 8.48. The molecule has 0 atom stereocenters. The maximum atomic E-state index is 12.1. The normalized spacial score (nSPS) is 11.0. The molecular formula is C18H16Br2N6O3. The van der Waals surface area contributed by atoms with E-state index in [0.29, 0.717) is 32.7 Å². The molecule has 0 radical (unpaired) electrons. The first kappa shape index (κ1) is 20.9. The number of benzene rings is 2. The number of hydrogen-bond donors (Lipinski definition) is 2. The van der Waals surface area contributed by atoms with Gasteiger partial charge in [-0.15, -0.1) is 10.2 Å². The van der Waals surface area contributed by atoms with Crippen LogP contribution in [0.2, 0.25) is 0 Å². The molecule has 9 nitrogen and oxygen atoms in total. The molecule has 11 heteroatoms. The molecule has 0 spiro atoms. The number of hydrogen-bond acceptors (Lipinski definition) is 7. The Kier molecular flexibility index (Phi) is 6.94. The second kappa shape index (κ2) is 9.61. The third-order valence-corrected chi connectivity index (χ3v) is 5.80. The molecular weight excluding hydrogens is 508 g/mol. The number of halogens is 2. The number of ether oxygens (including phenoxy) is 1. The number of nitrogens with one attached hydrogen (secondary N) is 1. The molecule has 3 rings (SSSR count). The number of phenols is 1. The summed E-state index contributed by atoms with van der Waals surface area (Å²) in [6.07, 6.45) is 1.43. The predicted molar refractivity (Wildman–Crippen MR) is 114 cm³/mol. The lowest BCUT2D eigenvalue weighted by Crippen LogP contribution is -2.24. The first-order chi connectivity index (χ1) is 14.0. The highest BCUT2D eigenvalue weighted by Crippen LogP contribution is 2.41. The van der Waals surface area contributed by atoms with Crippen LogP contribution in [0, 0.1) is 0 Å². The summed E-state index contributed by atoms with van der Waals surface area (Å²) in [7, 11) is 0. The molecule has 1 amide bonds. The van der Waals surface area contributed by atoms with Crippen LogP contribution in [0.15, 0.2) is 50.4 Å². The van der Waals surface area contributed by atoms with Crippen molar-refractivity contribution in [1.29, 1.82) is 0 Å². The first-order valence-corrected chi connectivity index (χ1v) is 10.1. The van der Waals surface area contributed by atoms with Gasteiger partial charge in [-0.3, -0.25) is 4.79 Å². The molecule has 0 aliphatic heterocycles. The van der Waals surface area contributed by atoms with E-state index in [0.717, 1.165) is 5.56 Å². The minimum Gasteiger partial charge on any atom is -0.503 e. The molecule has 0 aliphatic rings. The van der Waals surface area contributed by atoms with Gasteiger partial charge in [0.15, 0.2) is 11.5 Å². The minimum atomic E-state index is -0.419. The molecule has 29 heavy (non-hydrogen) atoms. The van der Waals surface area contributed by atoms with E-state index in [2.05, 4.69) is 57.8 Å². The lowest BCUT2D eigenvalue weighted by atomic mass is 10.2. The number of aromatic nitrogens is 4. The summed E-state index contributed by atoms with van der Waals surface area (Å²) < 4.78 is 6.38. The maximum absolute atomic E-state index is 12.1. The standard InChI is InChI=1S/C18H16Br2N6O3/c1-2-29-13-8-12(15(19)16(20)17(13)28)9-21-22-14(27)10-26-24-18(23-25-26)11-6-4-3-5-7-11/h3-9,28H,2,10H2,1H3,(H,22,27)/b21-9-. The second-order valence-electron chi connectivity index (χ2n) is 5.68. The number of phenolic OH excluding ortho intramolecular Hbond substituents is 1. The zero-order chi connectivity index (χ0) is 20.8. The highest BCUT2D eigenvalue weighted by molar-refractivity contribution is 9.13. The van der Waals surface area contributed by atoms with Gasteiger partial charge in [0.2, 0.25) is 5.82 Å². The average Bonchev–Trinajstić information content (AvgIpc) is 3.19. The molecule has 2 N–H and O–H groups in total. The number of carbonyl (C=O) groups excluding carboxylic acids is 1. The van der Waals surface area contributed by atoms with Crippen molar-refractivity contribution in [2.75, 3.05) is 6.61 Å². The van der Waals surface area contributed by atoms with Crippen molar-refractivity contribution in [2.24, 2.45) is 5.10 Å². The number of rotatable bonds is 7. The van der Waals surface area contributed by atoms with Gasteiger partial charge in [0.05, 0.1) is 17.3 Å². The summed E-state index contributed by atoms with van der Waals surface area (Å²) in [5.41, 5.74) is 3.81. The zero-order valence-electron chi connectivity index (χ0n) is 15.2. The average molecular weight is 524 g/mol. The van der Waals surface area contributed by atoms with Gasteiger partial charge >= 0.3 is 0 Å². The van der Waals surface area contributed by atoms with Crippen LogP contribution >= 0.6 is 31.9 Å². The fourth-order valence-electron chi connectivity index (χ4n) is 2.32. The van der Waals surface area contributed by atoms with Gasteiger partial charge < -0.3 is 9.84 Å². The summed E-state index contributed by atoms with van der Waals surface area (Å²) in [5, 5.41) is 26.0. The van der Waals surface area contributed by atoms with E-state index < -0.39 is 5.91 Å². The van der Waals surface area contributed by atoms with Crippen LogP contribution in [-0.2, 0) is 11.3 Å². The van der Waals surface area contributed by atoms with Crippen LogP contribution in [0.3, 0.4) is 0 Å². The van der Waals surface area contributed by atoms with Crippen LogP contribution in [0.1, 0.15) is 12.5 Å². The van der Waals surface area contributed by atoms with E-state index in [1.165, 1.54) is 11.0 Å². The smallest absolute Gasteiger partial charge is 0.263 e. The van der Waals surface area contributed by atoms with E-state index in [-0.39, 0.29) is 12.3 Å². The number of tetrazole rings is 1. The van der Waals surface area contributed by atoms with Crippen molar-refractivity contribution >= 4 is 44.0 Å². The van der Waals surface area contributed by atoms with Crippen molar-refractivity contribution < 1.29 is 14.6 Å². The van der Waals surface area contributed by atoms with Gasteiger partial charge in [0, 0.05) is 15.6 Å². The molecule has 0 fully saturated rings. The van der Waals surface area contributed by atoms with Crippen LogP contribution in [0.25, 0.3) is 11.4 Å². The number of hydrazone groups is 1. The summed E-state index contributed by atoms with van der Waals surface area (Å²) >= 11 is 6.65. The molecule has 0 saturated heterocycles. The Bertz CT molecular complexity index is 1040. The highest BCUT2D eigenvalue weighted by Gasteiger charge is 2.14. The molecule has 1 aromatic heterocycles. The number of nitrogens with zero attached hydrogens (tertiary/aromatic N) is 5. The third-order valence-electron chi connectivity index (χ3n) is 3.64. The molecule has 0 unspecified atom stereocenters. The quantitative estimate of drug-likeness (QED) is 0.363. The lowest BCUT2D eigenvalue weighted by molar-refractivity contribution is -0.122. The Morgan fingerprint density at radius 2 is 2.07 bits per heavy atom. The van der Waals surface area contributed by atoms with Gasteiger partial charge in [-0.2, -0.15) is 9.90 Å². The summed E-state index contributed by atoms with van der Waals surface area (Å²) in [6.45, 7) is 2.07. The number of carbonyl (C=O) groups is 1. The van der Waals surface area contributed by atoms with Crippen molar-refractivity contribution in [3.05, 3.63) is 50.9 Å². The third kappa shape index (κ3) is 5.18. The Morgan fingerprint density at radius 1 is 1.31 bits per heavy atom. The van der Waals surface area contributed by atoms with E-state index >= 15 is 0 Å². The van der Waals surface area contributed by atoms with Gasteiger partial charge in [0.25, 0.3) is 5.91 Å². The molecule has 0 aliphatic carbocycles. The lowest BCUT2D eigenvalue weighted by Gasteiger charge is -2.10. The Morgan fingerprint density at radius 3 is 2.79 bits per heavy atom. The van der Waals surface area contributed by atoms with Gasteiger partial charge in [0.1, 0.15) is 6.54 Å². The van der Waals surface area contributed by atoms with Gasteiger partial charge in [-0.25, -0.2) is 5.43 Å². The number of aromatic hydroxyl groups is 1. The monoisotopic (exact) mass is 522 g/mol. The van der Waals surface area contributed by atoms with Crippen LogP contribution in [-0.4, -0.2) is 44.0 Å². The summed E-state index contributed by atoms with van der Waals surface area (Å²) in [6, 6.07) is 10.9. The van der Waals surface area contributed by atoms with E-state index in [4.69, 9.17) is 4.74 Å². The molecule has 2 aromatic carbocycles.